The van der Waals surface area contributed by atoms with Crippen LogP contribution in [0.3, 0.4) is 0 Å². The van der Waals surface area contributed by atoms with Crippen molar-refractivity contribution in [2.45, 2.75) is 46.0 Å². The van der Waals surface area contributed by atoms with Crippen molar-refractivity contribution in [1.29, 1.82) is 5.41 Å². The molecular weight excluding hydrogens is 160 g/mol. The fourth-order valence-electron chi connectivity index (χ4n) is 2.18. The van der Waals surface area contributed by atoms with Gasteiger partial charge in [0.1, 0.15) is 0 Å². The molecule has 13 heavy (non-hydrogen) atoms. The molecule has 1 N–H and O–H groups in total. The van der Waals surface area contributed by atoms with Gasteiger partial charge in [-0.25, -0.2) is 0 Å². The number of amidine groups is 1. The number of rotatable bonds is 4. The second-order valence-corrected chi connectivity index (χ2v) is 3.95. The number of nitrogens with zero attached hydrogens (tertiary/aromatic N) is 1. The van der Waals surface area contributed by atoms with Gasteiger partial charge in [0.05, 0.1) is 5.84 Å². The Labute approximate surface area is 81.8 Å². The molecule has 0 spiro atoms. The lowest BCUT2D eigenvalue weighted by molar-refractivity contribution is 0.407. The van der Waals surface area contributed by atoms with E-state index in [0.717, 1.165) is 25.3 Å². The highest BCUT2D eigenvalue weighted by Gasteiger charge is 2.22. The summed E-state index contributed by atoms with van der Waals surface area (Å²) < 4.78 is 0. The van der Waals surface area contributed by atoms with E-state index in [4.69, 9.17) is 5.41 Å². The normalized spacial score (nSPS) is 17.7. The predicted octanol–water partition coefficient (Wildman–Crippen LogP) is 2.89. The van der Waals surface area contributed by atoms with Gasteiger partial charge < -0.3 is 4.90 Å². The molecule has 0 amide bonds. The van der Waals surface area contributed by atoms with Crippen molar-refractivity contribution >= 4 is 5.84 Å². The molecule has 0 heterocycles. The first kappa shape index (κ1) is 10.6. The molecule has 0 aromatic rings. The van der Waals surface area contributed by atoms with E-state index in [1.54, 1.807) is 0 Å². The third kappa shape index (κ3) is 2.71. The zero-order valence-electron chi connectivity index (χ0n) is 8.97. The van der Waals surface area contributed by atoms with E-state index in [-0.39, 0.29) is 0 Å². The van der Waals surface area contributed by atoms with Crippen LogP contribution in [0.2, 0.25) is 0 Å². The minimum Gasteiger partial charge on any atom is -0.361 e. The van der Waals surface area contributed by atoms with E-state index in [9.17, 15) is 0 Å². The monoisotopic (exact) mass is 182 g/mol. The highest BCUT2D eigenvalue weighted by Crippen LogP contribution is 2.26. The van der Waals surface area contributed by atoms with Crippen LogP contribution in [0.25, 0.3) is 0 Å². The van der Waals surface area contributed by atoms with E-state index in [2.05, 4.69) is 18.7 Å². The fraction of sp³-hybridized carbons (Fsp3) is 0.909. The Bertz CT molecular complexity index is 159. The molecular formula is C11H22N2. The smallest absolute Gasteiger partial charge is 0.0989 e. The average molecular weight is 182 g/mol. The zero-order valence-corrected chi connectivity index (χ0v) is 8.97. The molecule has 0 bridgehead atoms. The highest BCUT2D eigenvalue weighted by molar-refractivity contribution is 5.81. The summed E-state index contributed by atoms with van der Waals surface area (Å²) in [4.78, 5) is 2.23. The third-order valence-electron chi connectivity index (χ3n) is 2.96. The summed E-state index contributed by atoms with van der Waals surface area (Å²) in [5.41, 5.74) is 0. The van der Waals surface area contributed by atoms with E-state index in [1.807, 2.05) is 0 Å². The van der Waals surface area contributed by atoms with Crippen molar-refractivity contribution in [3.8, 4) is 0 Å². The maximum absolute atomic E-state index is 8.07. The van der Waals surface area contributed by atoms with Crippen molar-refractivity contribution in [2.75, 3.05) is 13.1 Å². The molecule has 1 fully saturated rings. The van der Waals surface area contributed by atoms with Gasteiger partial charge in [0.15, 0.2) is 0 Å². The third-order valence-corrected chi connectivity index (χ3v) is 2.96. The molecule has 0 saturated heterocycles. The van der Waals surface area contributed by atoms with Crippen LogP contribution >= 0.6 is 0 Å². The van der Waals surface area contributed by atoms with Crippen molar-refractivity contribution in [3.05, 3.63) is 0 Å². The molecule has 0 unspecified atom stereocenters. The summed E-state index contributed by atoms with van der Waals surface area (Å²) in [5.74, 6) is 1.48. The van der Waals surface area contributed by atoms with Crippen LogP contribution in [-0.2, 0) is 0 Å². The first-order valence-electron chi connectivity index (χ1n) is 5.63. The van der Waals surface area contributed by atoms with Crippen molar-refractivity contribution in [2.24, 2.45) is 5.92 Å². The molecule has 1 aliphatic rings. The quantitative estimate of drug-likeness (QED) is 0.525. The molecule has 1 rings (SSSR count). The van der Waals surface area contributed by atoms with Crippen LogP contribution < -0.4 is 0 Å². The van der Waals surface area contributed by atoms with E-state index in [1.165, 1.54) is 25.7 Å². The molecule has 0 aromatic heterocycles. The maximum Gasteiger partial charge on any atom is 0.0989 e. The Kier molecular flexibility index (Phi) is 4.26. The SMILES string of the molecule is CCCN(CC)C(=N)C1CCCC1. The Balaban J connectivity index is 2.42. The largest absolute Gasteiger partial charge is 0.361 e. The second-order valence-electron chi connectivity index (χ2n) is 3.95. The first-order chi connectivity index (χ1) is 6.29. The van der Waals surface area contributed by atoms with E-state index < -0.39 is 0 Å². The summed E-state index contributed by atoms with van der Waals surface area (Å²) in [6, 6.07) is 0. The average Bonchev–Trinajstić information content (AvgIpc) is 2.65. The molecule has 2 nitrogen and oxygen atoms in total. The molecule has 2 heteroatoms. The lowest BCUT2D eigenvalue weighted by atomic mass is 10.1. The van der Waals surface area contributed by atoms with Gasteiger partial charge >= 0.3 is 0 Å². The molecule has 0 aromatic carbocycles. The Hall–Kier alpha value is -0.530. The lowest BCUT2D eigenvalue weighted by Crippen LogP contribution is -2.35. The van der Waals surface area contributed by atoms with Gasteiger partial charge in [-0.3, -0.25) is 5.41 Å². The first-order valence-corrected chi connectivity index (χ1v) is 5.63. The standard InChI is InChI=1S/C11H22N2/c1-3-9-13(4-2)11(12)10-7-5-6-8-10/h10,12H,3-9H2,1-2H3. The van der Waals surface area contributed by atoms with E-state index >= 15 is 0 Å². The topological polar surface area (TPSA) is 27.1 Å². The van der Waals surface area contributed by atoms with Gasteiger partial charge in [0.2, 0.25) is 0 Å². The molecule has 76 valence electrons. The molecule has 1 aliphatic carbocycles. The fourth-order valence-corrected chi connectivity index (χ4v) is 2.18. The number of hydrogen-bond acceptors (Lipinski definition) is 1. The van der Waals surface area contributed by atoms with Gasteiger partial charge in [-0.1, -0.05) is 19.8 Å². The van der Waals surface area contributed by atoms with Crippen LogP contribution in [0.1, 0.15) is 46.0 Å². The van der Waals surface area contributed by atoms with Crippen molar-refractivity contribution < 1.29 is 0 Å². The zero-order chi connectivity index (χ0) is 9.68. The molecule has 0 radical (unpaired) electrons. The predicted molar refractivity (Wildman–Crippen MR) is 57.2 cm³/mol. The van der Waals surface area contributed by atoms with E-state index in [0.29, 0.717) is 5.92 Å². The Morgan fingerprint density at radius 1 is 1.31 bits per heavy atom. The van der Waals surface area contributed by atoms with Gasteiger partial charge in [-0.15, -0.1) is 0 Å². The molecule has 0 aliphatic heterocycles. The summed E-state index contributed by atoms with van der Waals surface area (Å²) in [7, 11) is 0. The van der Waals surface area contributed by atoms with Crippen LogP contribution in [0.15, 0.2) is 0 Å². The van der Waals surface area contributed by atoms with Crippen LogP contribution in [0.4, 0.5) is 0 Å². The highest BCUT2D eigenvalue weighted by atomic mass is 15.2. The second kappa shape index (κ2) is 5.25. The van der Waals surface area contributed by atoms with Crippen molar-refractivity contribution in [1.82, 2.24) is 4.90 Å². The van der Waals surface area contributed by atoms with Crippen LogP contribution in [-0.4, -0.2) is 23.8 Å². The summed E-state index contributed by atoms with van der Waals surface area (Å²) in [6.45, 7) is 6.40. The summed E-state index contributed by atoms with van der Waals surface area (Å²) in [5, 5.41) is 8.07. The maximum atomic E-state index is 8.07. The Morgan fingerprint density at radius 3 is 2.38 bits per heavy atom. The van der Waals surface area contributed by atoms with Gasteiger partial charge in [-0.05, 0) is 26.2 Å². The van der Waals surface area contributed by atoms with Gasteiger partial charge in [-0.2, -0.15) is 0 Å². The van der Waals surface area contributed by atoms with Crippen molar-refractivity contribution in [3.63, 3.8) is 0 Å². The Morgan fingerprint density at radius 2 is 1.92 bits per heavy atom. The van der Waals surface area contributed by atoms with Gasteiger partial charge in [0, 0.05) is 19.0 Å². The minimum atomic E-state index is 0.575. The number of hydrogen-bond donors (Lipinski definition) is 1. The minimum absolute atomic E-state index is 0.575. The molecule has 0 atom stereocenters. The molecule has 1 saturated carbocycles. The van der Waals surface area contributed by atoms with Crippen LogP contribution in [0.5, 0.6) is 0 Å². The summed E-state index contributed by atoms with van der Waals surface area (Å²) >= 11 is 0. The lowest BCUT2D eigenvalue weighted by Gasteiger charge is -2.26. The summed E-state index contributed by atoms with van der Waals surface area (Å²) in [6.07, 6.45) is 6.31. The van der Waals surface area contributed by atoms with Gasteiger partial charge in [0.25, 0.3) is 0 Å². The number of nitrogens with one attached hydrogen (secondary N) is 1. The van der Waals surface area contributed by atoms with Crippen LogP contribution in [0, 0.1) is 11.3 Å².